The fourth-order valence-corrected chi connectivity index (χ4v) is 3.15. The summed E-state index contributed by atoms with van der Waals surface area (Å²) < 4.78 is 1.04. The van der Waals surface area contributed by atoms with E-state index in [0.29, 0.717) is 13.1 Å². The van der Waals surface area contributed by atoms with Crippen LogP contribution in [0.2, 0.25) is 0 Å². The first kappa shape index (κ1) is 18.7. The maximum Gasteiger partial charge on any atom is 0.317 e. The van der Waals surface area contributed by atoms with Gasteiger partial charge >= 0.3 is 12.0 Å². The van der Waals surface area contributed by atoms with Crippen LogP contribution in [0, 0.1) is 0 Å². The zero-order chi connectivity index (χ0) is 17.5. The number of amides is 2. The Morgan fingerprint density at radius 3 is 2.54 bits per heavy atom. The standard InChI is InChI=1S/C17H24BrN3O3/c1-2-21(11-16(22)23)15-9-14(10-15)20-17(24)19-8-7-12-3-5-13(18)6-4-12/h3-6,14-15H,2,7-11H2,1H3,(H,22,23)(H2,19,20,24). The van der Waals surface area contributed by atoms with Crippen LogP contribution >= 0.6 is 15.9 Å². The van der Waals surface area contributed by atoms with Crippen molar-refractivity contribution in [2.24, 2.45) is 0 Å². The molecule has 132 valence electrons. The van der Waals surface area contributed by atoms with Crippen LogP contribution in [0.3, 0.4) is 0 Å². The highest BCUT2D eigenvalue weighted by Gasteiger charge is 2.34. The van der Waals surface area contributed by atoms with Crippen molar-refractivity contribution in [3.8, 4) is 0 Å². The average Bonchev–Trinajstić information content (AvgIpc) is 2.50. The molecule has 1 saturated carbocycles. The lowest BCUT2D eigenvalue weighted by molar-refractivity contribution is -0.139. The van der Waals surface area contributed by atoms with E-state index in [9.17, 15) is 9.59 Å². The van der Waals surface area contributed by atoms with Gasteiger partial charge in [-0.1, -0.05) is 35.0 Å². The van der Waals surface area contributed by atoms with Gasteiger partial charge in [-0.3, -0.25) is 9.69 Å². The van der Waals surface area contributed by atoms with Crippen LogP contribution in [0.15, 0.2) is 28.7 Å². The van der Waals surface area contributed by atoms with Crippen molar-refractivity contribution in [3.63, 3.8) is 0 Å². The summed E-state index contributed by atoms with van der Waals surface area (Å²) in [6.45, 7) is 3.32. The van der Waals surface area contributed by atoms with Crippen LogP contribution in [0.1, 0.15) is 25.3 Å². The summed E-state index contributed by atoms with van der Waals surface area (Å²) in [5, 5.41) is 14.7. The van der Waals surface area contributed by atoms with Crippen molar-refractivity contribution < 1.29 is 14.7 Å². The van der Waals surface area contributed by atoms with E-state index in [1.807, 2.05) is 36.1 Å². The van der Waals surface area contributed by atoms with Gasteiger partial charge in [0.15, 0.2) is 0 Å². The molecule has 0 bridgehead atoms. The molecule has 1 aliphatic rings. The molecular formula is C17H24BrN3O3. The van der Waals surface area contributed by atoms with Crippen LogP contribution in [0.5, 0.6) is 0 Å². The van der Waals surface area contributed by atoms with Crippen LogP contribution in [-0.4, -0.2) is 53.7 Å². The van der Waals surface area contributed by atoms with E-state index < -0.39 is 5.97 Å². The number of aliphatic carboxylic acids is 1. The Kier molecular flexibility index (Phi) is 7.05. The third-order valence-electron chi connectivity index (χ3n) is 4.32. The number of carboxylic acids is 1. The van der Waals surface area contributed by atoms with E-state index in [1.54, 1.807) is 0 Å². The number of carbonyl (C=O) groups is 2. The molecule has 24 heavy (non-hydrogen) atoms. The molecule has 0 saturated heterocycles. The number of hydrogen-bond acceptors (Lipinski definition) is 3. The third kappa shape index (κ3) is 5.79. The van der Waals surface area contributed by atoms with Gasteiger partial charge in [-0.15, -0.1) is 0 Å². The summed E-state index contributed by atoms with van der Waals surface area (Å²) in [4.78, 5) is 24.6. The topological polar surface area (TPSA) is 81.7 Å². The molecule has 1 aliphatic carbocycles. The molecule has 2 amide bonds. The molecule has 0 spiro atoms. The zero-order valence-corrected chi connectivity index (χ0v) is 15.4. The minimum Gasteiger partial charge on any atom is -0.480 e. The van der Waals surface area contributed by atoms with Crippen molar-refractivity contribution in [3.05, 3.63) is 34.3 Å². The van der Waals surface area contributed by atoms with Crippen LogP contribution < -0.4 is 10.6 Å². The number of rotatable bonds is 8. The molecule has 6 nitrogen and oxygen atoms in total. The number of urea groups is 1. The monoisotopic (exact) mass is 397 g/mol. The Morgan fingerprint density at radius 2 is 1.96 bits per heavy atom. The smallest absolute Gasteiger partial charge is 0.317 e. The quantitative estimate of drug-likeness (QED) is 0.627. The molecule has 1 aromatic carbocycles. The van der Waals surface area contributed by atoms with Crippen molar-refractivity contribution in [1.82, 2.24) is 15.5 Å². The Bertz CT molecular complexity index is 559. The van der Waals surface area contributed by atoms with Gasteiger partial charge in [-0.2, -0.15) is 0 Å². The molecule has 0 unspecified atom stereocenters. The molecule has 0 atom stereocenters. The second-order valence-corrected chi connectivity index (χ2v) is 6.97. The van der Waals surface area contributed by atoms with E-state index in [-0.39, 0.29) is 24.7 Å². The number of carbonyl (C=O) groups excluding carboxylic acids is 1. The van der Waals surface area contributed by atoms with Gasteiger partial charge in [0.25, 0.3) is 0 Å². The Hall–Kier alpha value is -1.60. The number of carboxylic acid groups (broad SMARTS) is 1. The molecular weight excluding hydrogens is 374 g/mol. The number of benzene rings is 1. The first-order valence-corrected chi connectivity index (χ1v) is 9.02. The molecule has 3 N–H and O–H groups in total. The minimum absolute atomic E-state index is 0.0628. The number of nitrogens with one attached hydrogen (secondary N) is 2. The molecule has 0 heterocycles. The van der Waals surface area contributed by atoms with E-state index in [2.05, 4.69) is 26.6 Å². The largest absolute Gasteiger partial charge is 0.480 e. The van der Waals surface area contributed by atoms with Gasteiger partial charge in [-0.25, -0.2) is 4.79 Å². The number of likely N-dealkylation sites (N-methyl/N-ethyl adjacent to an activating group) is 1. The summed E-state index contributed by atoms with van der Waals surface area (Å²) in [6.07, 6.45) is 2.40. The first-order chi connectivity index (χ1) is 11.5. The highest BCUT2D eigenvalue weighted by molar-refractivity contribution is 9.10. The van der Waals surface area contributed by atoms with Crippen LogP contribution in [0.25, 0.3) is 0 Å². The van der Waals surface area contributed by atoms with Crippen molar-refractivity contribution in [2.45, 2.75) is 38.3 Å². The second-order valence-electron chi connectivity index (χ2n) is 6.06. The van der Waals surface area contributed by atoms with Gasteiger partial charge in [0.2, 0.25) is 0 Å². The predicted octanol–water partition coefficient (Wildman–Crippen LogP) is 2.23. The van der Waals surface area contributed by atoms with E-state index in [0.717, 1.165) is 23.7 Å². The lowest BCUT2D eigenvalue weighted by Crippen LogP contribution is -2.56. The van der Waals surface area contributed by atoms with Crippen LogP contribution in [-0.2, 0) is 11.2 Å². The fraction of sp³-hybridized carbons (Fsp3) is 0.529. The number of halogens is 1. The molecule has 1 fully saturated rings. The van der Waals surface area contributed by atoms with Crippen molar-refractivity contribution in [2.75, 3.05) is 19.6 Å². The molecule has 0 radical (unpaired) electrons. The highest BCUT2D eigenvalue weighted by atomic mass is 79.9. The number of nitrogens with zero attached hydrogens (tertiary/aromatic N) is 1. The van der Waals surface area contributed by atoms with E-state index in [4.69, 9.17) is 5.11 Å². The molecule has 1 aromatic rings. The summed E-state index contributed by atoms with van der Waals surface area (Å²) in [5.41, 5.74) is 1.18. The van der Waals surface area contributed by atoms with Gasteiger partial charge < -0.3 is 15.7 Å². The lowest BCUT2D eigenvalue weighted by atomic mass is 9.85. The van der Waals surface area contributed by atoms with Gasteiger partial charge in [0.1, 0.15) is 0 Å². The average molecular weight is 398 g/mol. The molecule has 2 rings (SSSR count). The van der Waals surface area contributed by atoms with Gasteiger partial charge in [0.05, 0.1) is 6.54 Å². The van der Waals surface area contributed by atoms with Crippen molar-refractivity contribution >= 4 is 27.9 Å². The molecule has 0 aromatic heterocycles. The number of hydrogen-bond donors (Lipinski definition) is 3. The normalized spacial score (nSPS) is 19.6. The lowest BCUT2D eigenvalue weighted by Gasteiger charge is -2.42. The molecule has 0 aliphatic heterocycles. The van der Waals surface area contributed by atoms with E-state index in [1.165, 1.54) is 5.56 Å². The summed E-state index contributed by atoms with van der Waals surface area (Å²) in [7, 11) is 0. The SMILES string of the molecule is CCN(CC(=O)O)C1CC(NC(=O)NCCc2ccc(Br)cc2)C1. The summed E-state index contributed by atoms with van der Waals surface area (Å²) in [6, 6.07) is 8.26. The summed E-state index contributed by atoms with van der Waals surface area (Å²) >= 11 is 3.40. The Balaban J connectivity index is 1.62. The maximum absolute atomic E-state index is 11.9. The van der Waals surface area contributed by atoms with Gasteiger partial charge in [0, 0.05) is 23.1 Å². The van der Waals surface area contributed by atoms with Crippen LogP contribution in [0.4, 0.5) is 4.79 Å². The van der Waals surface area contributed by atoms with Crippen molar-refractivity contribution in [1.29, 1.82) is 0 Å². The summed E-state index contributed by atoms with van der Waals surface area (Å²) in [5.74, 6) is -0.807. The second kappa shape index (κ2) is 9.03. The minimum atomic E-state index is -0.807. The first-order valence-electron chi connectivity index (χ1n) is 8.22. The molecule has 7 heteroatoms. The Morgan fingerprint density at radius 1 is 1.29 bits per heavy atom. The third-order valence-corrected chi connectivity index (χ3v) is 4.85. The fourth-order valence-electron chi connectivity index (χ4n) is 2.88. The van der Waals surface area contributed by atoms with E-state index >= 15 is 0 Å². The maximum atomic E-state index is 11.9. The predicted molar refractivity (Wildman–Crippen MR) is 96.1 cm³/mol. The zero-order valence-electron chi connectivity index (χ0n) is 13.8. The Labute approximate surface area is 150 Å². The highest BCUT2D eigenvalue weighted by Crippen LogP contribution is 2.25. The van der Waals surface area contributed by atoms with Gasteiger partial charge in [-0.05, 0) is 43.5 Å².